The third-order valence-electron chi connectivity index (χ3n) is 3.12. The molecule has 0 aliphatic rings. The molecule has 0 aromatic carbocycles. The van der Waals surface area contributed by atoms with Crippen LogP contribution in [0.4, 0.5) is 0 Å². The van der Waals surface area contributed by atoms with Crippen molar-refractivity contribution in [3.8, 4) is 0 Å². The SMILES string of the molecule is CN(CCCC(C)(C)C(=N)N)Cc1cc(Br)cs1. The Morgan fingerprint density at radius 1 is 1.56 bits per heavy atom. The summed E-state index contributed by atoms with van der Waals surface area (Å²) in [4.78, 5) is 3.68. The van der Waals surface area contributed by atoms with E-state index >= 15 is 0 Å². The molecule has 0 aliphatic carbocycles. The minimum absolute atomic E-state index is 0.174. The van der Waals surface area contributed by atoms with Gasteiger partial charge in [0.05, 0.1) is 5.84 Å². The van der Waals surface area contributed by atoms with E-state index in [9.17, 15) is 0 Å². The van der Waals surface area contributed by atoms with E-state index in [0.717, 1.165) is 30.4 Å². The molecule has 0 saturated carbocycles. The van der Waals surface area contributed by atoms with Crippen molar-refractivity contribution in [2.24, 2.45) is 11.1 Å². The first-order valence-corrected chi connectivity index (χ1v) is 7.74. The average molecular weight is 332 g/mol. The fraction of sp³-hybridized carbons (Fsp3) is 0.615. The Hall–Kier alpha value is -0.390. The van der Waals surface area contributed by atoms with Gasteiger partial charge in [0.15, 0.2) is 0 Å². The second kappa shape index (κ2) is 6.68. The number of hydrogen-bond donors (Lipinski definition) is 2. The molecule has 0 radical (unpaired) electrons. The van der Waals surface area contributed by atoms with Crippen LogP contribution in [0.25, 0.3) is 0 Å². The highest BCUT2D eigenvalue weighted by atomic mass is 79.9. The Kier molecular flexibility index (Phi) is 5.82. The standard InChI is InChI=1S/C13H22BrN3S/c1-13(2,12(15)16)5-4-6-17(3)8-11-7-10(14)9-18-11/h7,9H,4-6,8H2,1-3H3,(H3,15,16). The Balaban J connectivity index is 2.29. The lowest BCUT2D eigenvalue weighted by molar-refractivity contribution is 0.302. The number of thiophene rings is 1. The molecule has 0 aliphatic heterocycles. The quantitative estimate of drug-likeness (QED) is 0.591. The van der Waals surface area contributed by atoms with Gasteiger partial charge < -0.3 is 10.6 Å². The Labute approximate surface area is 122 Å². The molecule has 3 N–H and O–H groups in total. The van der Waals surface area contributed by atoms with Crippen molar-refractivity contribution >= 4 is 33.1 Å². The van der Waals surface area contributed by atoms with Crippen molar-refractivity contribution < 1.29 is 0 Å². The second-order valence-electron chi connectivity index (χ2n) is 5.37. The van der Waals surface area contributed by atoms with E-state index in [-0.39, 0.29) is 11.3 Å². The molecule has 0 bridgehead atoms. The summed E-state index contributed by atoms with van der Waals surface area (Å²) < 4.78 is 1.16. The molecule has 1 rings (SSSR count). The van der Waals surface area contributed by atoms with Crippen LogP contribution in [0.1, 0.15) is 31.6 Å². The summed E-state index contributed by atoms with van der Waals surface area (Å²) in [5, 5.41) is 9.64. The van der Waals surface area contributed by atoms with Crippen molar-refractivity contribution in [2.45, 2.75) is 33.2 Å². The number of rotatable bonds is 7. The van der Waals surface area contributed by atoms with Crippen LogP contribution in [0.3, 0.4) is 0 Å². The van der Waals surface area contributed by atoms with Gasteiger partial charge in [-0.3, -0.25) is 5.41 Å². The minimum atomic E-state index is -0.174. The van der Waals surface area contributed by atoms with Crippen LogP contribution in [-0.4, -0.2) is 24.3 Å². The molecular weight excluding hydrogens is 310 g/mol. The van der Waals surface area contributed by atoms with Gasteiger partial charge in [-0.1, -0.05) is 13.8 Å². The minimum Gasteiger partial charge on any atom is -0.387 e. The highest BCUT2D eigenvalue weighted by molar-refractivity contribution is 9.10. The number of nitrogens with zero attached hydrogens (tertiary/aromatic N) is 1. The first-order chi connectivity index (χ1) is 8.31. The number of halogens is 1. The van der Waals surface area contributed by atoms with E-state index in [1.54, 1.807) is 11.3 Å². The molecule has 0 amide bonds. The van der Waals surface area contributed by atoms with Gasteiger partial charge in [-0.15, -0.1) is 11.3 Å². The van der Waals surface area contributed by atoms with Gasteiger partial charge in [0, 0.05) is 26.7 Å². The van der Waals surface area contributed by atoms with E-state index in [1.807, 2.05) is 13.8 Å². The predicted octanol–water partition coefficient (Wildman–Crippen LogP) is 3.68. The molecule has 18 heavy (non-hydrogen) atoms. The van der Waals surface area contributed by atoms with Crippen molar-refractivity contribution in [1.29, 1.82) is 5.41 Å². The molecule has 3 nitrogen and oxygen atoms in total. The molecule has 5 heteroatoms. The van der Waals surface area contributed by atoms with Crippen molar-refractivity contribution in [3.05, 3.63) is 20.8 Å². The lowest BCUT2D eigenvalue weighted by Crippen LogP contribution is -2.31. The lowest BCUT2D eigenvalue weighted by atomic mass is 9.86. The Morgan fingerprint density at radius 2 is 2.22 bits per heavy atom. The monoisotopic (exact) mass is 331 g/mol. The zero-order valence-electron chi connectivity index (χ0n) is 11.3. The van der Waals surface area contributed by atoms with Crippen molar-refractivity contribution in [1.82, 2.24) is 4.90 Å². The third kappa shape index (κ3) is 5.08. The number of amidine groups is 1. The predicted molar refractivity (Wildman–Crippen MR) is 83.3 cm³/mol. The molecule has 0 saturated heterocycles. The van der Waals surface area contributed by atoms with E-state index in [1.165, 1.54) is 4.88 Å². The van der Waals surface area contributed by atoms with Crippen LogP contribution >= 0.6 is 27.3 Å². The first-order valence-electron chi connectivity index (χ1n) is 6.07. The number of nitrogens with one attached hydrogen (secondary N) is 1. The fourth-order valence-electron chi connectivity index (χ4n) is 1.71. The van der Waals surface area contributed by atoms with Gasteiger partial charge in [0.2, 0.25) is 0 Å². The number of hydrogen-bond acceptors (Lipinski definition) is 3. The fourth-order valence-corrected chi connectivity index (χ4v) is 3.24. The van der Waals surface area contributed by atoms with Crippen molar-refractivity contribution in [2.75, 3.05) is 13.6 Å². The molecule has 1 aromatic rings. The van der Waals surface area contributed by atoms with E-state index in [4.69, 9.17) is 11.1 Å². The van der Waals surface area contributed by atoms with Crippen LogP contribution < -0.4 is 5.73 Å². The summed E-state index contributed by atoms with van der Waals surface area (Å²) in [6.45, 7) is 6.08. The molecule has 0 unspecified atom stereocenters. The molecule has 0 atom stereocenters. The van der Waals surface area contributed by atoms with E-state index in [2.05, 4.69) is 39.3 Å². The summed E-state index contributed by atoms with van der Waals surface area (Å²) in [6, 6.07) is 2.17. The molecule has 0 fully saturated rings. The number of nitrogens with two attached hydrogens (primary N) is 1. The topological polar surface area (TPSA) is 53.1 Å². The maximum Gasteiger partial charge on any atom is 0.0963 e. The summed E-state index contributed by atoms with van der Waals surface area (Å²) >= 11 is 5.25. The Morgan fingerprint density at radius 3 is 2.72 bits per heavy atom. The maximum atomic E-state index is 7.53. The van der Waals surface area contributed by atoms with Crippen LogP contribution in [0.2, 0.25) is 0 Å². The van der Waals surface area contributed by atoms with Crippen LogP contribution in [0, 0.1) is 10.8 Å². The lowest BCUT2D eigenvalue weighted by Gasteiger charge is -2.24. The molecule has 0 spiro atoms. The summed E-state index contributed by atoms with van der Waals surface area (Å²) in [5.41, 5.74) is 5.41. The van der Waals surface area contributed by atoms with Crippen LogP contribution in [0.5, 0.6) is 0 Å². The average Bonchev–Trinajstić information content (AvgIpc) is 2.63. The largest absolute Gasteiger partial charge is 0.387 e. The molecule has 1 heterocycles. The summed E-state index contributed by atoms with van der Waals surface area (Å²) in [5.74, 6) is 0.285. The third-order valence-corrected chi connectivity index (χ3v) is 4.80. The smallest absolute Gasteiger partial charge is 0.0963 e. The van der Waals surface area contributed by atoms with Gasteiger partial charge in [0.1, 0.15) is 0 Å². The van der Waals surface area contributed by atoms with Gasteiger partial charge in [-0.25, -0.2) is 0 Å². The second-order valence-corrected chi connectivity index (χ2v) is 7.28. The van der Waals surface area contributed by atoms with Gasteiger partial charge in [-0.2, -0.15) is 0 Å². The highest BCUT2D eigenvalue weighted by Gasteiger charge is 2.20. The van der Waals surface area contributed by atoms with Crippen molar-refractivity contribution in [3.63, 3.8) is 0 Å². The highest BCUT2D eigenvalue weighted by Crippen LogP contribution is 2.23. The molecular formula is C13H22BrN3S. The summed E-state index contributed by atoms with van der Waals surface area (Å²) in [6.07, 6.45) is 2.02. The zero-order chi connectivity index (χ0) is 13.8. The van der Waals surface area contributed by atoms with Gasteiger partial charge in [0.25, 0.3) is 0 Å². The van der Waals surface area contributed by atoms with E-state index in [0.29, 0.717) is 0 Å². The summed E-state index contributed by atoms with van der Waals surface area (Å²) in [7, 11) is 2.13. The van der Waals surface area contributed by atoms with Gasteiger partial charge >= 0.3 is 0 Å². The van der Waals surface area contributed by atoms with Gasteiger partial charge in [-0.05, 0) is 48.4 Å². The normalized spacial score (nSPS) is 12.1. The zero-order valence-corrected chi connectivity index (χ0v) is 13.7. The van der Waals surface area contributed by atoms with Crippen LogP contribution in [-0.2, 0) is 6.54 Å². The Bertz CT molecular complexity index is 401. The van der Waals surface area contributed by atoms with E-state index < -0.39 is 0 Å². The van der Waals surface area contributed by atoms with Crippen LogP contribution in [0.15, 0.2) is 15.9 Å². The first kappa shape index (κ1) is 15.7. The molecule has 1 aromatic heterocycles. The maximum absolute atomic E-state index is 7.53. The molecule has 102 valence electrons.